The Morgan fingerprint density at radius 2 is 1.50 bits per heavy atom. The van der Waals surface area contributed by atoms with E-state index in [1.807, 2.05) is 38.1 Å². The number of benzene rings is 2. The van der Waals surface area contributed by atoms with Crippen LogP contribution in [0.25, 0.3) is 0 Å². The number of para-hydroxylation sites is 1. The van der Waals surface area contributed by atoms with Crippen LogP contribution in [0.5, 0.6) is 11.5 Å². The van der Waals surface area contributed by atoms with E-state index in [1.54, 1.807) is 30.5 Å². The van der Waals surface area contributed by atoms with E-state index in [1.165, 1.54) is 14.2 Å². The average molecular weight is 377 g/mol. The number of pyridine rings is 1. The van der Waals surface area contributed by atoms with Gasteiger partial charge in [0.2, 0.25) is 0 Å². The number of aryl methyl sites for hydroxylation is 2. The molecular formula is C22H23N3O3. The maximum absolute atomic E-state index is 12.7. The third kappa shape index (κ3) is 4.06. The minimum absolute atomic E-state index is 0.327. The number of nitrogens with one attached hydrogen (secondary N) is 2. The van der Waals surface area contributed by atoms with Crippen LogP contribution in [-0.4, -0.2) is 25.1 Å². The third-order valence-corrected chi connectivity index (χ3v) is 4.41. The second-order valence-electron chi connectivity index (χ2n) is 6.32. The van der Waals surface area contributed by atoms with Crippen molar-refractivity contribution in [2.45, 2.75) is 13.8 Å². The Bertz CT molecular complexity index is 942. The highest BCUT2D eigenvalue weighted by atomic mass is 16.5. The molecular weight excluding hydrogens is 354 g/mol. The molecule has 1 amide bonds. The van der Waals surface area contributed by atoms with Crippen LogP contribution in [0.2, 0.25) is 0 Å². The van der Waals surface area contributed by atoms with E-state index in [9.17, 15) is 4.79 Å². The highest BCUT2D eigenvalue weighted by molar-refractivity contribution is 6.08. The van der Waals surface area contributed by atoms with Crippen molar-refractivity contribution in [2.24, 2.45) is 0 Å². The first-order valence-corrected chi connectivity index (χ1v) is 8.85. The molecule has 6 heteroatoms. The number of anilines is 3. The van der Waals surface area contributed by atoms with E-state index in [4.69, 9.17) is 9.47 Å². The van der Waals surface area contributed by atoms with Crippen molar-refractivity contribution in [1.29, 1.82) is 0 Å². The second kappa shape index (κ2) is 8.43. The van der Waals surface area contributed by atoms with Gasteiger partial charge in [-0.1, -0.05) is 24.3 Å². The van der Waals surface area contributed by atoms with Crippen molar-refractivity contribution in [2.75, 3.05) is 24.9 Å². The van der Waals surface area contributed by atoms with Gasteiger partial charge >= 0.3 is 0 Å². The Labute approximate surface area is 164 Å². The Kier molecular flexibility index (Phi) is 5.79. The summed E-state index contributed by atoms with van der Waals surface area (Å²) in [6.45, 7) is 4.09. The van der Waals surface area contributed by atoms with Crippen molar-refractivity contribution in [3.05, 3.63) is 71.4 Å². The fourth-order valence-corrected chi connectivity index (χ4v) is 2.95. The summed E-state index contributed by atoms with van der Waals surface area (Å²) in [5.74, 6) is 1.26. The number of carbonyl (C=O) groups excluding carboxylic acids is 1. The first-order valence-electron chi connectivity index (χ1n) is 8.85. The lowest BCUT2D eigenvalue weighted by molar-refractivity contribution is 0.102. The van der Waals surface area contributed by atoms with Gasteiger partial charge in [0.15, 0.2) is 0 Å². The summed E-state index contributed by atoms with van der Waals surface area (Å²) in [4.78, 5) is 17.1. The van der Waals surface area contributed by atoms with Crippen LogP contribution in [-0.2, 0) is 0 Å². The standard InChI is InChI=1S/C22H23N3O3/c1-14-7-5-8-15(2)21(14)25-19-12-11-16(13-23-19)24-22(26)20-17(27-3)9-6-10-18(20)28-4/h5-13H,1-4H3,(H,23,25)(H,24,26). The number of amides is 1. The monoisotopic (exact) mass is 377 g/mol. The minimum Gasteiger partial charge on any atom is -0.496 e. The molecule has 0 unspecified atom stereocenters. The Balaban J connectivity index is 1.77. The molecule has 0 aliphatic carbocycles. The molecule has 0 atom stereocenters. The summed E-state index contributed by atoms with van der Waals surface area (Å²) in [6.07, 6.45) is 1.61. The molecule has 0 saturated heterocycles. The number of carbonyl (C=O) groups is 1. The number of ether oxygens (including phenoxy) is 2. The van der Waals surface area contributed by atoms with Crippen LogP contribution < -0.4 is 20.1 Å². The van der Waals surface area contributed by atoms with Gasteiger partial charge in [-0.2, -0.15) is 0 Å². The first-order chi connectivity index (χ1) is 13.5. The quantitative estimate of drug-likeness (QED) is 0.651. The zero-order valence-corrected chi connectivity index (χ0v) is 16.4. The van der Waals surface area contributed by atoms with Crippen LogP contribution >= 0.6 is 0 Å². The number of hydrogen-bond donors (Lipinski definition) is 2. The molecule has 3 rings (SSSR count). The van der Waals surface area contributed by atoms with Crippen molar-refractivity contribution in [3.63, 3.8) is 0 Å². The highest BCUT2D eigenvalue weighted by Crippen LogP contribution is 2.29. The van der Waals surface area contributed by atoms with E-state index in [-0.39, 0.29) is 5.91 Å². The molecule has 0 radical (unpaired) electrons. The summed E-state index contributed by atoms with van der Waals surface area (Å²) in [5.41, 5.74) is 4.23. The zero-order chi connectivity index (χ0) is 20.1. The molecule has 3 aromatic rings. The van der Waals surface area contributed by atoms with Crippen LogP contribution in [0.15, 0.2) is 54.7 Å². The van der Waals surface area contributed by atoms with Crippen molar-refractivity contribution < 1.29 is 14.3 Å². The van der Waals surface area contributed by atoms with Gasteiger partial charge in [-0.15, -0.1) is 0 Å². The summed E-state index contributed by atoms with van der Waals surface area (Å²) in [6, 6.07) is 14.9. The lowest BCUT2D eigenvalue weighted by Crippen LogP contribution is -2.14. The highest BCUT2D eigenvalue weighted by Gasteiger charge is 2.18. The molecule has 2 aromatic carbocycles. The smallest absolute Gasteiger partial charge is 0.263 e. The predicted octanol–water partition coefficient (Wildman–Crippen LogP) is 4.71. The van der Waals surface area contributed by atoms with Gasteiger partial charge in [0.05, 0.1) is 26.1 Å². The first kappa shape index (κ1) is 19.2. The molecule has 0 spiro atoms. The maximum Gasteiger partial charge on any atom is 0.263 e. The summed E-state index contributed by atoms with van der Waals surface area (Å²) < 4.78 is 10.6. The van der Waals surface area contributed by atoms with E-state index in [0.717, 1.165) is 16.8 Å². The Hall–Kier alpha value is -3.54. The summed E-state index contributed by atoms with van der Waals surface area (Å²) in [5, 5.41) is 6.16. The minimum atomic E-state index is -0.327. The van der Waals surface area contributed by atoms with Crippen molar-refractivity contribution in [3.8, 4) is 11.5 Å². The molecule has 6 nitrogen and oxygen atoms in total. The van der Waals surface area contributed by atoms with E-state index >= 15 is 0 Å². The van der Waals surface area contributed by atoms with Gasteiger partial charge in [-0.05, 0) is 49.2 Å². The Morgan fingerprint density at radius 3 is 2.04 bits per heavy atom. The molecule has 0 bridgehead atoms. The SMILES string of the molecule is COc1cccc(OC)c1C(=O)Nc1ccc(Nc2c(C)cccc2C)nc1. The third-order valence-electron chi connectivity index (χ3n) is 4.41. The molecule has 1 aromatic heterocycles. The zero-order valence-electron chi connectivity index (χ0n) is 16.4. The fourth-order valence-electron chi connectivity index (χ4n) is 2.95. The lowest BCUT2D eigenvalue weighted by Gasteiger charge is -2.14. The number of hydrogen-bond acceptors (Lipinski definition) is 5. The predicted molar refractivity (Wildman–Crippen MR) is 111 cm³/mol. The van der Waals surface area contributed by atoms with Crippen LogP contribution in [0.1, 0.15) is 21.5 Å². The fraction of sp³-hybridized carbons (Fsp3) is 0.182. The molecule has 1 heterocycles. The lowest BCUT2D eigenvalue weighted by atomic mass is 10.1. The van der Waals surface area contributed by atoms with Crippen molar-refractivity contribution >= 4 is 23.1 Å². The van der Waals surface area contributed by atoms with Crippen LogP contribution in [0, 0.1) is 13.8 Å². The van der Waals surface area contributed by atoms with E-state index in [0.29, 0.717) is 28.6 Å². The molecule has 0 aliphatic heterocycles. The molecule has 28 heavy (non-hydrogen) atoms. The van der Waals surface area contributed by atoms with E-state index in [2.05, 4.69) is 15.6 Å². The molecule has 144 valence electrons. The number of aromatic nitrogens is 1. The number of rotatable bonds is 6. The van der Waals surface area contributed by atoms with Gasteiger partial charge in [0.1, 0.15) is 22.9 Å². The normalized spacial score (nSPS) is 10.3. The molecule has 2 N–H and O–H groups in total. The number of nitrogens with zero attached hydrogens (tertiary/aromatic N) is 1. The van der Waals surface area contributed by atoms with Crippen LogP contribution in [0.4, 0.5) is 17.2 Å². The van der Waals surface area contributed by atoms with Crippen molar-refractivity contribution in [1.82, 2.24) is 4.98 Å². The number of methoxy groups -OCH3 is 2. The largest absolute Gasteiger partial charge is 0.496 e. The van der Waals surface area contributed by atoms with Gasteiger partial charge in [0, 0.05) is 5.69 Å². The topological polar surface area (TPSA) is 72.5 Å². The Morgan fingerprint density at radius 1 is 0.893 bits per heavy atom. The van der Waals surface area contributed by atoms with E-state index < -0.39 is 0 Å². The summed E-state index contributed by atoms with van der Waals surface area (Å²) in [7, 11) is 3.03. The summed E-state index contributed by atoms with van der Waals surface area (Å²) >= 11 is 0. The van der Waals surface area contributed by atoms with Gasteiger partial charge in [-0.25, -0.2) is 4.98 Å². The van der Waals surface area contributed by atoms with Crippen LogP contribution in [0.3, 0.4) is 0 Å². The van der Waals surface area contributed by atoms with Gasteiger partial charge in [-0.3, -0.25) is 4.79 Å². The second-order valence-corrected chi connectivity index (χ2v) is 6.32. The maximum atomic E-state index is 12.7. The molecule has 0 saturated carbocycles. The van der Waals surface area contributed by atoms with Gasteiger partial charge in [0.25, 0.3) is 5.91 Å². The average Bonchev–Trinajstić information content (AvgIpc) is 2.71. The molecule has 0 fully saturated rings. The molecule has 0 aliphatic rings. The van der Waals surface area contributed by atoms with Gasteiger partial charge < -0.3 is 20.1 Å².